The van der Waals surface area contributed by atoms with Gasteiger partial charge in [0.05, 0.1) is 28.8 Å². The number of para-hydroxylation sites is 1. The molecule has 2 heterocycles. The van der Waals surface area contributed by atoms with Crippen LogP contribution >= 0.6 is 11.6 Å². The first-order chi connectivity index (χ1) is 11.6. The lowest BCUT2D eigenvalue weighted by molar-refractivity contribution is 0.0932. The van der Waals surface area contributed by atoms with Gasteiger partial charge in [-0.3, -0.25) is 14.8 Å². The van der Waals surface area contributed by atoms with Gasteiger partial charge in [0.15, 0.2) is 0 Å². The zero-order valence-corrected chi connectivity index (χ0v) is 13.8. The predicted molar refractivity (Wildman–Crippen MR) is 93.4 cm³/mol. The summed E-state index contributed by atoms with van der Waals surface area (Å²) >= 11 is 6.06. The first-order valence-corrected chi connectivity index (χ1v) is 7.90. The third kappa shape index (κ3) is 3.81. The Morgan fingerprint density at radius 2 is 2.12 bits per heavy atom. The molecule has 6 heteroatoms. The number of rotatable bonds is 5. The van der Waals surface area contributed by atoms with Gasteiger partial charge in [-0.1, -0.05) is 23.7 Å². The molecule has 0 fully saturated rings. The Morgan fingerprint density at radius 3 is 2.96 bits per heavy atom. The summed E-state index contributed by atoms with van der Waals surface area (Å²) in [6, 6.07) is 10.9. The number of carbonyl (C=O) groups is 1. The van der Waals surface area contributed by atoms with E-state index in [0.29, 0.717) is 22.9 Å². The molecule has 1 N–H and O–H groups in total. The monoisotopic (exact) mass is 341 g/mol. The van der Waals surface area contributed by atoms with Crippen molar-refractivity contribution < 1.29 is 9.53 Å². The van der Waals surface area contributed by atoms with Gasteiger partial charge in [-0.2, -0.15) is 0 Å². The maximum atomic E-state index is 12.3. The molecule has 3 rings (SSSR count). The van der Waals surface area contributed by atoms with E-state index in [1.165, 1.54) is 0 Å². The standard InChI is InChI=1S/C18H16ClN3O2/c1-12(24-17-5-3-2-4-15(17)19)9-22-18(23)14-8-13-6-7-20-11-16(13)21-10-14/h2-8,10-12H,9H2,1H3,(H,22,23). The van der Waals surface area contributed by atoms with Crippen molar-refractivity contribution in [1.29, 1.82) is 0 Å². The summed E-state index contributed by atoms with van der Waals surface area (Å²) in [5.41, 5.74) is 1.25. The summed E-state index contributed by atoms with van der Waals surface area (Å²) in [6.07, 6.45) is 4.66. The number of pyridine rings is 2. The quantitative estimate of drug-likeness (QED) is 0.771. The average Bonchev–Trinajstić information content (AvgIpc) is 2.61. The van der Waals surface area contributed by atoms with E-state index in [9.17, 15) is 4.79 Å². The van der Waals surface area contributed by atoms with Crippen LogP contribution in [0.15, 0.2) is 55.0 Å². The fourth-order valence-electron chi connectivity index (χ4n) is 2.23. The van der Waals surface area contributed by atoms with Gasteiger partial charge in [0, 0.05) is 17.8 Å². The lowest BCUT2D eigenvalue weighted by Gasteiger charge is -2.16. The number of benzene rings is 1. The summed E-state index contributed by atoms with van der Waals surface area (Å²) in [5, 5.41) is 4.26. The smallest absolute Gasteiger partial charge is 0.252 e. The number of aromatic nitrogens is 2. The maximum absolute atomic E-state index is 12.3. The second kappa shape index (κ2) is 7.27. The summed E-state index contributed by atoms with van der Waals surface area (Å²) in [7, 11) is 0. The molecule has 0 aliphatic rings. The SMILES string of the molecule is CC(CNC(=O)c1cnc2cnccc2c1)Oc1ccccc1Cl. The van der Waals surface area contributed by atoms with Crippen LogP contribution in [0.5, 0.6) is 5.75 Å². The molecule has 0 aliphatic heterocycles. The Kier molecular flexibility index (Phi) is 4.91. The van der Waals surface area contributed by atoms with Crippen molar-refractivity contribution in [3.05, 3.63) is 65.6 Å². The molecule has 1 amide bonds. The second-order valence-corrected chi connectivity index (χ2v) is 5.77. The summed E-state index contributed by atoms with van der Waals surface area (Å²) in [5.74, 6) is 0.400. The van der Waals surface area contributed by atoms with Crippen molar-refractivity contribution in [2.75, 3.05) is 6.54 Å². The highest BCUT2D eigenvalue weighted by Gasteiger charge is 2.11. The third-order valence-corrected chi connectivity index (χ3v) is 3.78. The number of halogens is 1. The molecule has 3 aromatic rings. The Hall–Kier alpha value is -2.66. The molecule has 1 unspecified atom stereocenters. The molecule has 2 aromatic heterocycles. The molecule has 1 atom stereocenters. The van der Waals surface area contributed by atoms with Gasteiger partial charge >= 0.3 is 0 Å². The Balaban J connectivity index is 1.61. The first-order valence-electron chi connectivity index (χ1n) is 7.52. The normalized spacial score (nSPS) is 11.9. The minimum absolute atomic E-state index is 0.198. The summed E-state index contributed by atoms with van der Waals surface area (Å²) in [6.45, 7) is 2.23. The number of amides is 1. The van der Waals surface area contributed by atoms with Crippen LogP contribution in [0.2, 0.25) is 5.02 Å². The minimum atomic E-state index is -0.216. The van der Waals surface area contributed by atoms with Crippen LogP contribution < -0.4 is 10.1 Å². The lowest BCUT2D eigenvalue weighted by Crippen LogP contribution is -2.33. The highest BCUT2D eigenvalue weighted by atomic mass is 35.5. The van der Waals surface area contributed by atoms with Crippen LogP contribution in [0, 0.1) is 0 Å². The topological polar surface area (TPSA) is 64.1 Å². The Bertz CT molecular complexity index is 870. The van der Waals surface area contributed by atoms with E-state index in [0.717, 1.165) is 10.9 Å². The van der Waals surface area contributed by atoms with Gasteiger partial charge < -0.3 is 10.1 Å². The van der Waals surface area contributed by atoms with E-state index in [4.69, 9.17) is 16.3 Å². The highest BCUT2D eigenvalue weighted by Crippen LogP contribution is 2.24. The molecular weight excluding hydrogens is 326 g/mol. The van der Waals surface area contributed by atoms with E-state index < -0.39 is 0 Å². The van der Waals surface area contributed by atoms with Crippen molar-refractivity contribution in [3.63, 3.8) is 0 Å². The largest absolute Gasteiger partial charge is 0.487 e. The van der Waals surface area contributed by atoms with Gasteiger partial charge in [-0.25, -0.2) is 0 Å². The zero-order valence-electron chi connectivity index (χ0n) is 13.1. The molecule has 0 radical (unpaired) electrons. The van der Waals surface area contributed by atoms with Crippen molar-refractivity contribution in [2.45, 2.75) is 13.0 Å². The van der Waals surface area contributed by atoms with E-state index >= 15 is 0 Å². The number of hydrogen-bond donors (Lipinski definition) is 1. The van der Waals surface area contributed by atoms with E-state index in [1.807, 2.05) is 25.1 Å². The van der Waals surface area contributed by atoms with Gasteiger partial charge in [-0.05, 0) is 31.2 Å². The van der Waals surface area contributed by atoms with Crippen molar-refractivity contribution in [1.82, 2.24) is 15.3 Å². The number of nitrogens with zero attached hydrogens (tertiary/aromatic N) is 2. The number of nitrogens with one attached hydrogen (secondary N) is 1. The van der Waals surface area contributed by atoms with E-state index in [-0.39, 0.29) is 12.0 Å². The van der Waals surface area contributed by atoms with Crippen LogP contribution in [0.4, 0.5) is 0 Å². The molecule has 0 aliphatic carbocycles. The first kappa shape index (κ1) is 16.2. The molecule has 0 bridgehead atoms. The molecule has 24 heavy (non-hydrogen) atoms. The molecule has 0 saturated carbocycles. The molecule has 1 aromatic carbocycles. The van der Waals surface area contributed by atoms with Crippen molar-refractivity contribution in [3.8, 4) is 5.75 Å². The summed E-state index contributed by atoms with van der Waals surface area (Å²) < 4.78 is 5.73. The average molecular weight is 342 g/mol. The predicted octanol–water partition coefficient (Wildman–Crippen LogP) is 3.48. The van der Waals surface area contributed by atoms with Crippen molar-refractivity contribution >= 4 is 28.4 Å². The highest BCUT2D eigenvalue weighted by molar-refractivity contribution is 6.32. The van der Waals surface area contributed by atoms with Gasteiger partial charge in [-0.15, -0.1) is 0 Å². The summed E-state index contributed by atoms with van der Waals surface area (Å²) in [4.78, 5) is 20.5. The number of ether oxygens (including phenoxy) is 1. The van der Waals surface area contributed by atoms with Gasteiger partial charge in [0.2, 0.25) is 0 Å². The second-order valence-electron chi connectivity index (χ2n) is 5.36. The minimum Gasteiger partial charge on any atom is -0.487 e. The number of hydrogen-bond acceptors (Lipinski definition) is 4. The van der Waals surface area contributed by atoms with Gasteiger partial charge in [0.1, 0.15) is 11.9 Å². The molecule has 122 valence electrons. The van der Waals surface area contributed by atoms with Crippen LogP contribution in [-0.4, -0.2) is 28.5 Å². The zero-order chi connectivity index (χ0) is 16.9. The number of carbonyl (C=O) groups excluding carboxylic acids is 1. The van der Waals surface area contributed by atoms with Gasteiger partial charge in [0.25, 0.3) is 5.91 Å². The Morgan fingerprint density at radius 1 is 1.29 bits per heavy atom. The van der Waals surface area contributed by atoms with Crippen LogP contribution in [-0.2, 0) is 0 Å². The van der Waals surface area contributed by atoms with Crippen molar-refractivity contribution in [2.24, 2.45) is 0 Å². The fourth-order valence-corrected chi connectivity index (χ4v) is 2.41. The lowest BCUT2D eigenvalue weighted by atomic mass is 10.2. The third-order valence-electron chi connectivity index (χ3n) is 3.46. The van der Waals surface area contributed by atoms with E-state index in [1.54, 1.807) is 36.8 Å². The molecule has 0 spiro atoms. The maximum Gasteiger partial charge on any atom is 0.252 e. The van der Waals surface area contributed by atoms with Crippen LogP contribution in [0.1, 0.15) is 17.3 Å². The molecule has 0 saturated heterocycles. The Labute approximate surface area is 144 Å². The molecule has 5 nitrogen and oxygen atoms in total. The number of fused-ring (bicyclic) bond motifs is 1. The van der Waals surface area contributed by atoms with Crippen LogP contribution in [0.25, 0.3) is 10.9 Å². The van der Waals surface area contributed by atoms with E-state index in [2.05, 4.69) is 15.3 Å². The molecular formula is C18H16ClN3O2. The van der Waals surface area contributed by atoms with Crippen LogP contribution in [0.3, 0.4) is 0 Å². The fraction of sp³-hybridized carbons (Fsp3) is 0.167.